The summed E-state index contributed by atoms with van der Waals surface area (Å²) in [6.45, 7) is 20.2. The van der Waals surface area contributed by atoms with Gasteiger partial charge in [0.1, 0.15) is 25.0 Å². The van der Waals surface area contributed by atoms with Crippen LogP contribution in [-0.2, 0) is 69.3 Å². The van der Waals surface area contributed by atoms with Crippen molar-refractivity contribution in [2.24, 2.45) is 17.8 Å². The Kier molecular flexibility index (Phi) is 27.5. The lowest BCUT2D eigenvalue weighted by Crippen LogP contribution is -2.30. The molecule has 3 N–H and O–H groups in total. The SMILES string of the molecule is CC(C)C[C@H]1O[C@@H](CF)C[C@@H]1OP(=O)([O-])OC[C@H]1O[C@@H](C)C[C@@H]1O.CC[C@H]1C[C@H](O)[C@@H](COP(=O)([O-])O[C@H]2C[C@H](C)O[C@@H]2CC(C)C)O1.[B][B][C@H]1C[C@H](OP(C)(=O)OC[C@H]2O[C@@H](CC)C[C@@H]2O)[C@@H](CC(C)C)O1. The molecule has 21 atom stereocenters. The van der Waals surface area contributed by atoms with Gasteiger partial charge in [0, 0.05) is 52.5 Å². The maximum absolute atomic E-state index is 12.8. The van der Waals surface area contributed by atoms with Crippen LogP contribution in [0.2, 0.25) is 0 Å². The highest BCUT2D eigenvalue weighted by Gasteiger charge is 2.43. The number of aliphatic hydroxyl groups is 3. The minimum absolute atomic E-state index is 0.0280. The number of alkyl halides is 1. The van der Waals surface area contributed by atoms with Crippen molar-refractivity contribution in [3.05, 3.63) is 0 Å². The Morgan fingerprint density at radius 1 is 0.562 bits per heavy atom. The summed E-state index contributed by atoms with van der Waals surface area (Å²) >= 11 is 0. The average Bonchev–Trinajstić information content (AvgIpc) is 4.15. The molecule has 0 bridgehead atoms. The van der Waals surface area contributed by atoms with Crippen LogP contribution >= 0.6 is 23.2 Å². The largest absolute Gasteiger partial charge is 0.756 e. The number of hydrogen-bond donors (Lipinski definition) is 3. The first-order valence-corrected chi connectivity index (χ1v) is 31.3. The lowest BCUT2D eigenvalue weighted by Gasteiger charge is -2.30. The van der Waals surface area contributed by atoms with Crippen molar-refractivity contribution in [3.63, 3.8) is 0 Å². The van der Waals surface area contributed by atoms with E-state index in [1.807, 2.05) is 34.6 Å². The molecule has 6 aliphatic rings. The van der Waals surface area contributed by atoms with Crippen LogP contribution < -0.4 is 9.79 Å². The Balaban J connectivity index is 0.000000237. The lowest BCUT2D eigenvalue weighted by molar-refractivity contribution is -0.235. The van der Waals surface area contributed by atoms with E-state index < -0.39 is 91.0 Å². The van der Waals surface area contributed by atoms with Crippen LogP contribution in [0.25, 0.3) is 0 Å². The van der Waals surface area contributed by atoms with Gasteiger partial charge in [0.2, 0.25) is 0 Å². The van der Waals surface area contributed by atoms with E-state index in [1.54, 1.807) is 6.92 Å². The molecule has 6 heterocycles. The predicted octanol–water partition coefficient (Wildman–Crippen LogP) is 5.66. The quantitative estimate of drug-likeness (QED) is 0.0735. The van der Waals surface area contributed by atoms with E-state index in [0.717, 1.165) is 25.7 Å². The molecule has 3 unspecified atom stereocenters. The summed E-state index contributed by atoms with van der Waals surface area (Å²) in [5, 5.41) is 29.6. The number of ether oxygens (including phenoxy) is 6. The first-order valence-electron chi connectivity index (χ1n) is 26.4. The molecule has 0 aliphatic carbocycles. The summed E-state index contributed by atoms with van der Waals surface area (Å²) in [6.07, 6.45) is -0.722. The van der Waals surface area contributed by atoms with Crippen molar-refractivity contribution in [2.45, 2.75) is 250 Å². The van der Waals surface area contributed by atoms with Crippen LogP contribution in [0.15, 0.2) is 0 Å². The van der Waals surface area contributed by atoms with Gasteiger partial charge in [0.05, 0.1) is 112 Å². The van der Waals surface area contributed by atoms with Gasteiger partial charge in [-0.05, 0) is 70.1 Å². The van der Waals surface area contributed by atoms with Crippen molar-refractivity contribution in [1.29, 1.82) is 0 Å². The molecule has 0 spiro atoms. The number of rotatable bonds is 25. The van der Waals surface area contributed by atoms with Gasteiger partial charge in [-0.2, -0.15) is 0 Å². The van der Waals surface area contributed by atoms with Crippen molar-refractivity contribution < 1.29 is 98.8 Å². The maximum Gasteiger partial charge on any atom is 0.328 e. The molecular formula is C47H87B2FO20P3-2. The first-order chi connectivity index (χ1) is 34.1. The fourth-order valence-electron chi connectivity index (χ4n) is 9.79. The molecule has 20 nitrogen and oxygen atoms in total. The highest BCUT2D eigenvalue weighted by molar-refractivity contribution is 7.53. The number of aliphatic hydroxyl groups excluding tert-OH is 3. The lowest BCUT2D eigenvalue weighted by atomic mass is 9.51. The van der Waals surface area contributed by atoms with Crippen LogP contribution in [0.1, 0.15) is 140 Å². The number of phosphoric acid groups is 2. The number of hydrogen-bond acceptors (Lipinski definition) is 20. The molecule has 6 saturated heterocycles. The van der Waals surface area contributed by atoms with Gasteiger partial charge >= 0.3 is 7.60 Å². The summed E-state index contributed by atoms with van der Waals surface area (Å²) in [4.78, 5) is 24.2. The van der Waals surface area contributed by atoms with Crippen LogP contribution in [0.5, 0.6) is 0 Å². The van der Waals surface area contributed by atoms with Crippen LogP contribution in [0.4, 0.5) is 4.39 Å². The van der Waals surface area contributed by atoms with Crippen LogP contribution in [0, 0.1) is 17.8 Å². The van der Waals surface area contributed by atoms with Crippen molar-refractivity contribution in [3.8, 4) is 0 Å². The highest BCUT2D eigenvalue weighted by Crippen LogP contribution is 2.50. The smallest absolute Gasteiger partial charge is 0.328 e. The normalized spacial score (nSPS) is 39.0. The summed E-state index contributed by atoms with van der Waals surface area (Å²) in [5.41, 5.74) is 0. The summed E-state index contributed by atoms with van der Waals surface area (Å²) in [6, 6.07) is -0.195. The Morgan fingerprint density at radius 3 is 1.37 bits per heavy atom. The average molecular weight is 1110 g/mol. The van der Waals surface area contributed by atoms with Gasteiger partial charge < -0.3 is 80.7 Å². The van der Waals surface area contributed by atoms with E-state index in [1.165, 1.54) is 13.8 Å². The minimum atomic E-state index is -4.60. The number of halogens is 1. The Bertz CT molecular complexity index is 1750. The standard InChI is InChI=1S/C16H30B2O6P.C16H31O7P.C15H28FO7P/c1-5-11-7-12(19)15(22-11)9-21-25(4,20)24-14-8-16(18-17)23-13(14)6-10(2)3;1-5-12-8-13(17)16(22-12)9-20-24(18,19)23-15-7-11(4)21-14(15)6-10(2)3;1-9(2)4-13-14(6-11(7-16)22-13)23-24(18,19)20-8-15-12(17)5-10(3)21-15/h10-16,19H,5-9H2,1-4H3;10-17H,5-9H2,1-4H3,(H,18,19);9-15,17H,4-8H2,1-3H3,(H,18,19)/p-2/t11-,12-,13+,14-,15+,16+,25?;11-,12-,13-,14+,15-,16+;10-,11+,12-,13+,14-,15+/m000/s1. The topological polar surface area (TPSA) is 269 Å². The van der Waals surface area contributed by atoms with Crippen molar-refractivity contribution in [1.82, 2.24) is 0 Å². The van der Waals surface area contributed by atoms with E-state index >= 15 is 0 Å². The molecule has 6 fully saturated rings. The number of phosphoric ester groups is 2. The molecule has 6 rings (SSSR count). The predicted molar refractivity (Wildman–Crippen MR) is 267 cm³/mol. The molecule has 0 aromatic rings. The molecular weight excluding hydrogens is 1020 g/mol. The van der Waals surface area contributed by atoms with Gasteiger partial charge in [-0.3, -0.25) is 13.7 Å². The van der Waals surface area contributed by atoms with Crippen molar-refractivity contribution in [2.75, 3.05) is 33.2 Å². The zero-order chi connectivity index (χ0) is 54.4. The molecule has 26 heteroatoms. The molecule has 0 aromatic carbocycles. The fourth-order valence-corrected chi connectivity index (χ4v) is 12.9. The van der Waals surface area contributed by atoms with E-state index in [-0.39, 0.29) is 80.9 Å². The third-order valence-corrected chi connectivity index (χ3v) is 16.7. The van der Waals surface area contributed by atoms with E-state index in [2.05, 4.69) is 27.7 Å². The second-order valence-corrected chi connectivity index (χ2v) is 26.5. The third kappa shape index (κ3) is 22.6. The van der Waals surface area contributed by atoms with Gasteiger partial charge in [-0.25, -0.2) is 4.39 Å². The maximum atomic E-state index is 12.8. The molecule has 0 aromatic heterocycles. The van der Waals surface area contributed by atoms with Crippen molar-refractivity contribution >= 4 is 38.1 Å². The summed E-state index contributed by atoms with van der Waals surface area (Å²) < 4.78 is 115. The van der Waals surface area contributed by atoms with E-state index in [4.69, 9.17) is 63.3 Å². The monoisotopic (exact) mass is 1110 g/mol. The van der Waals surface area contributed by atoms with Gasteiger partial charge in [0.15, 0.2) is 0 Å². The van der Waals surface area contributed by atoms with Gasteiger partial charge in [-0.1, -0.05) is 55.4 Å². The zero-order valence-corrected chi connectivity index (χ0v) is 47.6. The van der Waals surface area contributed by atoms with Crippen LogP contribution in [-0.4, -0.2) is 173 Å². The fraction of sp³-hybridized carbons (Fsp3) is 1.00. The summed E-state index contributed by atoms with van der Waals surface area (Å²) in [5.74, 6) is 1.07. The molecule has 3 radical (unpaired) electrons. The summed E-state index contributed by atoms with van der Waals surface area (Å²) in [7, 11) is -5.28. The first kappa shape index (κ1) is 65.6. The second-order valence-electron chi connectivity index (χ2n) is 21.7. The highest BCUT2D eigenvalue weighted by atomic mass is 31.2. The van der Waals surface area contributed by atoms with Gasteiger partial charge in [0.25, 0.3) is 15.6 Å². The third-order valence-electron chi connectivity index (χ3n) is 13.4. The minimum Gasteiger partial charge on any atom is -0.756 e. The molecule has 0 saturated carbocycles. The Hall–Kier alpha value is 0.0699. The Morgan fingerprint density at radius 2 is 0.945 bits per heavy atom. The van der Waals surface area contributed by atoms with Crippen LogP contribution in [0.3, 0.4) is 0 Å². The molecule has 425 valence electrons. The van der Waals surface area contributed by atoms with Gasteiger partial charge in [-0.15, -0.1) is 0 Å². The molecule has 6 aliphatic heterocycles. The van der Waals surface area contributed by atoms with E-state index in [9.17, 15) is 43.2 Å². The Labute approximate surface area is 436 Å². The molecule has 0 amide bonds. The van der Waals surface area contributed by atoms with E-state index in [0.29, 0.717) is 50.4 Å². The zero-order valence-electron chi connectivity index (χ0n) is 44.9. The second kappa shape index (κ2) is 30.6. The molecule has 73 heavy (non-hydrogen) atoms.